The smallest absolute Gasteiger partial charge is 0.244 e. The van der Waals surface area contributed by atoms with Crippen molar-refractivity contribution in [3.63, 3.8) is 0 Å². The lowest BCUT2D eigenvalue weighted by Crippen LogP contribution is -2.25. The van der Waals surface area contributed by atoms with Crippen LogP contribution in [0.4, 0.5) is 0 Å². The summed E-state index contributed by atoms with van der Waals surface area (Å²) < 4.78 is 30.5. The Morgan fingerprint density at radius 2 is 2.28 bits per heavy atom. The molecule has 2 aromatic rings. The number of hydrogen-bond donors (Lipinski definition) is 2. The van der Waals surface area contributed by atoms with Gasteiger partial charge in [-0.15, -0.1) is 0 Å². The molecule has 98 valence electrons. The van der Waals surface area contributed by atoms with E-state index in [0.717, 1.165) is 5.56 Å². The molecule has 0 bridgehead atoms. The predicted molar refractivity (Wildman–Crippen MR) is 64.1 cm³/mol. The standard InChI is InChI=1S/C11H14N2O4S/c1-13(6-9-2-3-17-8-9)18(15,16)11-4-10(7-14)12-5-11/h2-5,8,12,14H,6-7H2,1H3. The molecule has 0 saturated heterocycles. The summed E-state index contributed by atoms with van der Waals surface area (Å²) in [6.07, 6.45) is 4.37. The molecular weight excluding hydrogens is 256 g/mol. The molecule has 2 N–H and O–H groups in total. The fourth-order valence-corrected chi connectivity index (χ4v) is 2.74. The van der Waals surface area contributed by atoms with Crippen LogP contribution in [0.5, 0.6) is 0 Å². The highest BCUT2D eigenvalue weighted by molar-refractivity contribution is 7.89. The Labute approximate surface area is 105 Å². The molecule has 0 aliphatic heterocycles. The van der Waals surface area contributed by atoms with Gasteiger partial charge in [0.05, 0.1) is 24.0 Å². The van der Waals surface area contributed by atoms with Crippen molar-refractivity contribution in [1.82, 2.24) is 9.29 Å². The van der Waals surface area contributed by atoms with E-state index in [1.807, 2.05) is 0 Å². The Morgan fingerprint density at radius 3 is 2.83 bits per heavy atom. The first-order chi connectivity index (χ1) is 8.54. The van der Waals surface area contributed by atoms with Crippen molar-refractivity contribution in [2.24, 2.45) is 0 Å². The van der Waals surface area contributed by atoms with Crippen molar-refractivity contribution in [2.45, 2.75) is 18.0 Å². The molecule has 0 aliphatic rings. The van der Waals surface area contributed by atoms with Crippen LogP contribution >= 0.6 is 0 Å². The van der Waals surface area contributed by atoms with E-state index >= 15 is 0 Å². The monoisotopic (exact) mass is 270 g/mol. The zero-order chi connectivity index (χ0) is 13.2. The molecule has 0 atom stereocenters. The van der Waals surface area contributed by atoms with Crippen LogP contribution in [-0.4, -0.2) is 29.9 Å². The summed E-state index contributed by atoms with van der Waals surface area (Å²) in [6.45, 7) is 0.0133. The SMILES string of the molecule is CN(Cc1ccoc1)S(=O)(=O)c1c[nH]c(CO)c1. The second kappa shape index (κ2) is 4.97. The van der Waals surface area contributed by atoms with Crippen molar-refractivity contribution < 1.29 is 17.9 Å². The van der Waals surface area contributed by atoms with Gasteiger partial charge in [0.15, 0.2) is 0 Å². The van der Waals surface area contributed by atoms with Crippen molar-refractivity contribution in [1.29, 1.82) is 0 Å². The fraction of sp³-hybridized carbons (Fsp3) is 0.273. The molecule has 0 amide bonds. The summed E-state index contributed by atoms with van der Waals surface area (Å²) in [5, 5.41) is 8.91. The molecule has 0 aromatic carbocycles. The molecule has 0 aliphatic carbocycles. The average Bonchev–Trinajstić information content (AvgIpc) is 2.99. The zero-order valence-corrected chi connectivity index (χ0v) is 10.6. The number of nitrogens with zero attached hydrogens (tertiary/aromatic N) is 1. The van der Waals surface area contributed by atoms with Gasteiger partial charge in [0.2, 0.25) is 10.0 Å². The molecule has 0 saturated carbocycles. The molecule has 2 rings (SSSR count). The van der Waals surface area contributed by atoms with Crippen LogP contribution in [0, 0.1) is 0 Å². The number of sulfonamides is 1. The van der Waals surface area contributed by atoms with Gasteiger partial charge < -0.3 is 14.5 Å². The van der Waals surface area contributed by atoms with Gasteiger partial charge in [-0.1, -0.05) is 0 Å². The highest BCUT2D eigenvalue weighted by Crippen LogP contribution is 2.17. The highest BCUT2D eigenvalue weighted by atomic mass is 32.2. The molecule has 2 aromatic heterocycles. The van der Waals surface area contributed by atoms with E-state index in [9.17, 15) is 8.42 Å². The number of H-pyrrole nitrogens is 1. The van der Waals surface area contributed by atoms with Crippen LogP contribution in [0.15, 0.2) is 40.2 Å². The summed E-state index contributed by atoms with van der Waals surface area (Å²) in [5.74, 6) is 0. The van der Waals surface area contributed by atoms with Gasteiger partial charge in [0.1, 0.15) is 0 Å². The topological polar surface area (TPSA) is 86.5 Å². The summed E-state index contributed by atoms with van der Waals surface area (Å²) in [7, 11) is -2.06. The second-order valence-corrected chi connectivity index (χ2v) is 5.96. The molecule has 0 fully saturated rings. The first-order valence-electron chi connectivity index (χ1n) is 5.29. The molecule has 0 unspecified atom stereocenters. The number of aliphatic hydroxyl groups is 1. The van der Waals surface area contributed by atoms with E-state index in [4.69, 9.17) is 9.52 Å². The number of aromatic nitrogens is 1. The van der Waals surface area contributed by atoms with E-state index in [1.165, 1.54) is 36.1 Å². The third-order valence-corrected chi connectivity index (χ3v) is 4.36. The highest BCUT2D eigenvalue weighted by Gasteiger charge is 2.22. The second-order valence-electron chi connectivity index (χ2n) is 3.91. The lowest BCUT2D eigenvalue weighted by atomic mass is 10.3. The summed E-state index contributed by atoms with van der Waals surface area (Å²) in [4.78, 5) is 2.84. The molecular formula is C11H14N2O4S. The Bertz CT molecular complexity index is 601. The summed E-state index contributed by atoms with van der Waals surface area (Å²) >= 11 is 0. The normalized spacial score (nSPS) is 12.2. The number of aromatic amines is 1. The van der Waals surface area contributed by atoms with Crippen molar-refractivity contribution in [3.05, 3.63) is 42.1 Å². The summed E-state index contributed by atoms with van der Waals surface area (Å²) in [5.41, 5.74) is 1.24. The van der Waals surface area contributed by atoms with Gasteiger partial charge in [-0.3, -0.25) is 0 Å². The maximum atomic E-state index is 12.2. The number of aliphatic hydroxyl groups excluding tert-OH is 1. The van der Waals surface area contributed by atoms with Gasteiger partial charge in [-0.2, -0.15) is 4.31 Å². The number of hydrogen-bond acceptors (Lipinski definition) is 4. The Kier molecular flexibility index (Phi) is 3.55. The van der Waals surface area contributed by atoms with Gasteiger partial charge in [0.25, 0.3) is 0 Å². The van der Waals surface area contributed by atoms with Crippen LogP contribution < -0.4 is 0 Å². The Hall–Kier alpha value is -1.57. The maximum absolute atomic E-state index is 12.2. The molecule has 0 spiro atoms. The van der Waals surface area contributed by atoms with Crippen LogP contribution in [0.2, 0.25) is 0 Å². The molecule has 0 radical (unpaired) electrons. The van der Waals surface area contributed by atoms with E-state index < -0.39 is 10.0 Å². The van der Waals surface area contributed by atoms with Gasteiger partial charge >= 0.3 is 0 Å². The van der Waals surface area contributed by atoms with Crippen LogP contribution in [0.25, 0.3) is 0 Å². The van der Waals surface area contributed by atoms with Gasteiger partial charge in [0, 0.05) is 31.0 Å². The lowest BCUT2D eigenvalue weighted by molar-refractivity contribution is 0.277. The third kappa shape index (κ3) is 2.47. The first kappa shape index (κ1) is 12.9. The van der Waals surface area contributed by atoms with Crippen molar-refractivity contribution in [2.75, 3.05) is 7.05 Å². The molecule has 18 heavy (non-hydrogen) atoms. The Morgan fingerprint density at radius 1 is 1.50 bits per heavy atom. The first-order valence-corrected chi connectivity index (χ1v) is 6.73. The Balaban J connectivity index is 2.19. The number of rotatable bonds is 5. The van der Waals surface area contributed by atoms with Crippen LogP contribution in [0.1, 0.15) is 11.3 Å². The summed E-state index contributed by atoms with van der Waals surface area (Å²) in [6, 6.07) is 3.13. The van der Waals surface area contributed by atoms with Crippen LogP contribution in [-0.2, 0) is 23.2 Å². The minimum atomic E-state index is -3.56. The van der Waals surface area contributed by atoms with Crippen molar-refractivity contribution in [3.8, 4) is 0 Å². The van der Waals surface area contributed by atoms with Crippen LogP contribution in [0.3, 0.4) is 0 Å². The molecule has 2 heterocycles. The average molecular weight is 270 g/mol. The van der Waals surface area contributed by atoms with Crippen molar-refractivity contribution >= 4 is 10.0 Å². The minimum absolute atomic E-state index is 0.137. The van der Waals surface area contributed by atoms with Gasteiger partial charge in [-0.25, -0.2) is 8.42 Å². The fourth-order valence-electron chi connectivity index (χ4n) is 1.56. The molecule has 6 nitrogen and oxygen atoms in total. The minimum Gasteiger partial charge on any atom is -0.472 e. The van der Waals surface area contributed by atoms with E-state index in [1.54, 1.807) is 6.07 Å². The van der Waals surface area contributed by atoms with Gasteiger partial charge in [-0.05, 0) is 12.1 Å². The van der Waals surface area contributed by atoms with E-state index in [-0.39, 0.29) is 18.0 Å². The lowest BCUT2D eigenvalue weighted by Gasteiger charge is -2.14. The molecule has 7 heteroatoms. The number of furan rings is 1. The predicted octanol–water partition coefficient (Wildman–Crippen LogP) is 0.921. The van der Waals surface area contributed by atoms with E-state index in [2.05, 4.69) is 4.98 Å². The third-order valence-electron chi connectivity index (χ3n) is 2.58. The largest absolute Gasteiger partial charge is 0.472 e. The zero-order valence-electron chi connectivity index (χ0n) is 9.83. The maximum Gasteiger partial charge on any atom is 0.244 e. The van der Waals surface area contributed by atoms with E-state index in [0.29, 0.717) is 5.69 Å². The number of nitrogens with one attached hydrogen (secondary N) is 1. The quantitative estimate of drug-likeness (QED) is 0.846.